The highest BCUT2D eigenvalue weighted by atomic mass is 35.5. The van der Waals surface area contributed by atoms with Crippen molar-refractivity contribution >= 4 is 40.9 Å². The van der Waals surface area contributed by atoms with Crippen LogP contribution in [0.5, 0.6) is 0 Å². The summed E-state index contributed by atoms with van der Waals surface area (Å²) in [4.78, 5) is 37.4. The maximum absolute atomic E-state index is 13.0. The molecule has 0 fully saturated rings. The first-order valence-electron chi connectivity index (χ1n) is 9.83. The van der Waals surface area contributed by atoms with Gasteiger partial charge < -0.3 is 10.2 Å². The molecular formula is C22H26ClN3O4S. The van der Waals surface area contributed by atoms with Gasteiger partial charge in [0.05, 0.1) is 10.7 Å². The Bertz CT molecular complexity index is 921. The van der Waals surface area contributed by atoms with Gasteiger partial charge >= 0.3 is 0 Å². The van der Waals surface area contributed by atoms with Gasteiger partial charge in [0, 0.05) is 35.5 Å². The number of carbonyl (C=O) groups is 2. The Morgan fingerprint density at radius 1 is 1.13 bits per heavy atom. The van der Waals surface area contributed by atoms with Crippen LogP contribution in [0.2, 0.25) is 5.02 Å². The van der Waals surface area contributed by atoms with Gasteiger partial charge in [-0.3, -0.25) is 19.7 Å². The van der Waals surface area contributed by atoms with Gasteiger partial charge in [-0.15, -0.1) is 11.8 Å². The number of non-ortho nitro benzene ring substituents is 1. The third kappa shape index (κ3) is 7.56. The molecule has 0 saturated carbocycles. The summed E-state index contributed by atoms with van der Waals surface area (Å²) in [5, 5.41) is 14.1. The number of halogens is 1. The van der Waals surface area contributed by atoms with Crippen molar-refractivity contribution in [2.45, 2.75) is 45.2 Å². The number of amides is 2. The highest BCUT2D eigenvalue weighted by molar-refractivity contribution is 7.99. The van der Waals surface area contributed by atoms with Crippen LogP contribution in [0.3, 0.4) is 0 Å². The van der Waals surface area contributed by atoms with Gasteiger partial charge in [-0.1, -0.05) is 41.9 Å². The van der Waals surface area contributed by atoms with Gasteiger partial charge in [-0.25, -0.2) is 0 Å². The molecule has 2 rings (SSSR count). The third-order valence-electron chi connectivity index (χ3n) is 4.54. The van der Waals surface area contributed by atoms with Gasteiger partial charge in [0.25, 0.3) is 5.69 Å². The summed E-state index contributed by atoms with van der Waals surface area (Å²) < 4.78 is 0. The Labute approximate surface area is 191 Å². The van der Waals surface area contributed by atoms with Crippen molar-refractivity contribution < 1.29 is 14.5 Å². The Morgan fingerprint density at radius 3 is 2.35 bits per heavy atom. The highest BCUT2D eigenvalue weighted by Gasteiger charge is 2.26. The lowest BCUT2D eigenvalue weighted by atomic mass is 10.1. The molecule has 0 aliphatic heterocycles. The topological polar surface area (TPSA) is 92.6 Å². The Morgan fingerprint density at radius 2 is 1.77 bits per heavy atom. The molecule has 2 amide bonds. The van der Waals surface area contributed by atoms with E-state index < -0.39 is 11.0 Å². The summed E-state index contributed by atoms with van der Waals surface area (Å²) in [7, 11) is 0. The predicted octanol–water partition coefficient (Wildman–Crippen LogP) is 4.42. The number of hydrogen-bond acceptors (Lipinski definition) is 5. The molecule has 0 radical (unpaired) electrons. The fourth-order valence-corrected chi connectivity index (χ4v) is 3.92. The summed E-state index contributed by atoms with van der Waals surface area (Å²) in [6.45, 7) is 5.66. The van der Waals surface area contributed by atoms with Crippen molar-refractivity contribution in [3.63, 3.8) is 0 Å². The first kappa shape index (κ1) is 24.7. The number of benzene rings is 2. The van der Waals surface area contributed by atoms with Crippen molar-refractivity contribution in [1.82, 2.24) is 10.2 Å². The average molecular weight is 464 g/mol. The predicted molar refractivity (Wildman–Crippen MR) is 124 cm³/mol. The monoisotopic (exact) mass is 463 g/mol. The lowest BCUT2D eigenvalue weighted by Gasteiger charge is -2.29. The maximum Gasteiger partial charge on any atom is 0.269 e. The molecule has 9 heteroatoms. The van der Waals surface area contributed by atoms with E-state index in [1.54, 1.807) is 25.1 Å². The molecular weight excluding hydrogens is 438 g/mol. The van der Waals surface area contributed by atoms with Gasteiger partial charge in [0.2, 0.25) is 11.8 Å². The van der Waals surface area contributed by atoms with E-state index in [2.05, 4.69) is 5.32 Å². The van der Waals surface area contributed by atoms with Crippen LogP contribution in [0.15, 0.2) is 48.5 Å². The third-order valence-corrected chi connectivity index (χ3v) is 5.90. The number of nitro benzene ring substituents is 1. The molecule has 1 unspecified atom stereocenters. The fraction of sp³-hybridized carbons (Fsp3) is 0.364. The number of nitro groups is 1. The Kier molecular flexibility index (Phi) is 9.33. The van der Waals surface area contributed by atoms with Crippen LogP contribution in [-0.4, -0.2) is 39.5 Å². The number of rotatable bonds is 10. The summed E-state index contributed by atoms with van der Waals surface area (Å²) in [5.74, 6) is 0.283. The minimum Gasteiger partial charge on any atom is -0.352 e. The molecule has 2 aromatic carbocycles. The van der Waals surface area contributed by atoms with E-state index >= 15 is 0 Å². The second-order valence-corrected chi connectivity index (χ2v) is 8.76. The van der Waals surface area contributed by atoms with Crippen molar-refractivity contribution in [2.24, 2.45) is 0 Å². The molecule has 0 aliphatic carbocycles. The average Bonchev–Trinajstić information content (AvgIpc) is 2.72. The zero-order chi connectivity index (χ0) is 23.0. The van der Waals surface area contributed by atoms with Gasteiger partial charge in [0.1, 0.15) is 6.04 Å². The van der Waals surface area contributed by atoms with Crippen LogP contribution >= 0.6 is 23.4 Å². The molecule has 7 nitrogen and oxygen atoms in total. The normalized spacial score (nSPS) is 11.8. The van der Waals surface area contributed by atoms with Gasteiger partial charge in [-0.2, -0.15) is 0 Å². The maximum atomic E-state index is 13.0. The molecule has 2 aromatic rings. The molecule has 0 bridgehead atoms. The van der Waals surface area contributed by atoms with E-state index in [9.17, 15) is 19.7 Å². The van der Waals surface area contributed by atoms with Crippen LogP contribution in [0.1, 0.15) is 31.9 Å². The zero-order valence-corrected chi connectivity index (χ0v) is 19.3. The number of nitrogens with zero attached hydrogens (tertiary/aromatic N) is 2. The minimum atomic E-state index is -0.661. The smallest absolute Gasteiger partial charge is 0.269 e. The van der Waals surface area contributed by atoms with Gasteiger partial charge in [-0.05, 0) is 38.0 Å². The van der Waals surface area contributed by atoms with E-state index in [1.807, 2.05) is 32.0 Å². The molecule has 1 atom stereocenters. The molecule has 0 saturated heterocycles. The highest BCUT2D eigenvalue weighted by Crippen LogP contribution is 2.21. The van der Waals surface area contributed by atoms with E-state index in [4.69, 9.17) is 11.6 Å². The summed E-state index contributed by atoms with van der Waals surface area (Å²) in [6, 6.07) is 12.8. The van der Waals surface area contributed by atoms with Crippen molar-refractivity contribution in [1.29, 1.82) is 0 Å². The van der Waals surface area contributed by atoms with Gasteiger partial charge in [0.15, 0.2) is 0 Å². The number of nitrogens with one attached hydrogen (secondary N) is 1. The number of hydrogen-bond donors (Lipinski definition) is 1. The minimum absolute atomic E-state index is 0.0285. The van der Waals surface area contributed by atoms with Crippen molar-refractivity contribution in [3.8, 4) is 0 Å². The second-order valence-electron chi connectivity index (χ2n) is 7.37. The van der Waals surface area contributed by atoms with Crippen molar-refractivity contribution in [2.75, 3.05) is 5.75 Å². The molecule has 0 heterocycles. The van der Waals surface area contributed by atoms with Crippen LogP contribution < -0.4 is 5.32 Å². The van der Waals surface area contributed by atoms with Crippen molar-refractivity contribution in [3.05, 3.63) is 74.8 Å². The summed E-state index contributed by atoms with van der Waals surface area (Å²) in [5.41, 5.74) is 1.68. The van der Waals surface area contributed by atoms with E-state index in [1.165, 1.54) is 28.8 Å². The van der Waals surface area contributed by atoms with Crippen LogP contribution in [0.4, 0.5) is 5.69 Å². The van der Waals surface area contributed by atoms with E-state index in [-0.39, 0.29) is 35.8 Å². The Balaban J connectivity index is 2.06. The largest absolute Gasteiger partial charge is 0.352 e. The molecule has 0 aromatic heterocycles. The zero-order valence-electron chi connectivity index (χ0n) is 17.7. The summed E-state index contributed by atoms with van der Waals surface area (Å²) in [6.07, 6.45) is 0. The molecule has 166 valence electrons. The SMILES string of the molecule is CC(C)NC(=O)C(C)N(Cc1ccccc1Cl)C(=O)CSCc1ccc([N+](=O)[O-])cc1. The lowest BCUT2D eigenvalue weighted by Crippen LogP contribution is -2.49. The molecule has 0 aliphatic rings. The number of carbonyl (C=O) groups excluding carboxylic acids is 2. The first-order chi connectivity index (χ1) is 14.7. The lowest BCUT2D eigenvalue weighted by molar-refractivity contribution is -0.384. The van der Waals surface area contributed by atoms with Crippen LogP contribution in [0, 0.1) is 10.1 Å². The molecule has 31 heavy (non-hydrogen) atoms. The standard InChI is InChI=1S/C22H26ClN3O4S/c1-15(2)24-22(28)16(3)25(12-18-6-4-5-7-20(18)23)21(27)14-31-13-17-8-10-19(11-9-17)26(29)30/h4-11,15-16H,12-14H2,1-3H3,(H,24,28). The second kappa shape index (κ2) is 11.7. The quantitative estimate of drug-likeness (QED) is 0.415. The molecule has 0 spiro atoms. The van der Waals surface area contributed by atoms with E-state index in [0.29, 0.717) is 10.8 Å². The van der Waals surface area contributed by atoms with Crippen LogP contribution in [-0.2, 0) is 21.9 Å². The molecule has 1 N–H and O–H groups in total. The Hall–Kier alpha value is -2.58. The first-order valence-corrected chi connectivity index (χ1v) is 11.4. The van der Waals surface area contributed by atoms with E-state index in [0.717, 1.165) is 11.1 Å². The summed E-state index contributed by atoms with van der Waals surface area (Å²) >= 11 is 7.66. The fourth-order valence-electron chi connectivity index (χ4n) is 2.85. The number of thioether (sulfide) groups is 1. The van der Waals surface area contributed by atoms with Crippen LogP contribution in [0.25, 0.3) is 0 Å².